The summed E-state index contributed by atoms with van der Waals surface area (Å²) in [6.45, 7) is 8.59. The Morgan fingerprint density at radius 3 is 1.75 bits per heavy atom. The average Bonchev–Trinajstić information content (AvgIpc) is 2.59. The summed E-state index contributed by atoms with van der Waals surface area (Å²) >= 11 is 0. The van der Waals surface area contributed by atoms with Crippen LogP contribution in [0, 0.1) is 6.92 Å². The molecule has 3 aromatic rings. The molecule has 0 amide bonds. The van der Waals surface area contributed by atoms with Crippen LogP contribution in [0.1, 0.15) is 31.9 Å². The molecule has 0 aromatic heterocycles. The average molecular weight is 312 g/mol. The Morgan fingerprint density at radius 2 is 1.29 bits per heavy atom. The van der Waals surface area contributed by atoms with Gasteiger partial charge in [0.15, 0.2) is 0 Å². The molecule has 3 rings (SSSR count). The minimum atomic E-state index is 1.26. The molecule has 120 valence electrons. The highest BCUT2D eigenvalue weighted by Crippen LogP contribution is 2.37. The summed E-state index contributed by atoms with van der Waals surface area (Å²) in [7, 11) is 0. The first-order valence-electron chi connectivity index (χ1n) is 8.51. The first-order chi connectivity index (χ1) is 11.6. The van der Waals surface area contributed by atoms with Crippen LogP contribution >= 0.6 is 0 Å². The van der Waals surface area contributed by atoms with E-state index in [9.17, 15) is 0 Å². The largest absolute Gasteiger partial charge is 0.0876 e. The molecule has 0 radical (unpaired) electrons. The van der Waals surface area contributed by atoms with Crippen molar-refractivity contribution >= 4 is 27.1 Å². The van der Waals surface area contributed by atoms with Gasteiger partial charge in [-0.15, -0.1) is 0 Å². The maximum Gasteiger partial charge on any atom is -0.00266 e. The van der Waals surface area contributed by atoms with E-state index < -0.39 is 0 Å². The second kappa shape index (κ2) is 6.88. The summed E-state index contributed by atoms with van der Waals surface area (Å²) in [4.78, 5) is 0. The molecule has 0 saturated carbocycles. The van der Waals surface area contributed by atoms with Crippen molar-refractivity contribution in [3.05, 3.63) is 89.5 Å². The number of allylic oxidation sites excluding steroid dienone is 6. The smallest absolute Gasteiger partial charge is 0.00266 e. The van der Waals surface area contributed by atoms with Crippen molar-refractivity contribution in [1.29, 1.82) is 0 Å². The Kier molecular flexibility index (Phi) is 4.66. The predicted molar refractivity (Wildman–Crippen MR) is 108 cm³/mol. The Labute approximate surface area is 144 Å². The number of hydrogen-bond donors (Lipinski definition) is 0. The summed E-state index contributed by atoms with van der Waals surface area (Å²) < 4.78 is 0. The highest BCUT2D eigenvalue weighted by atomic mass is 14.2. The monoisotopic (exact) mass is 312 g/mol. The van der Waals surface area contributed by atoms with E-state index in [2.05, 4.69) is 101 Å². The Morgan fingerprint density at radius 1 is 0.792 bits per heavy atom. The van der Waals surface area contributed by atoms with Crippen LogP contribution in [0.2, 0.25) is 0 Å². The van der Waals surface area contributed by atoms with Crippen LogP contribution in [0.5, 0.6) is 0 Å². The lowest BCUT2D eigenvalue weighted by molar-refractivity contribution is 1.40. The van der Waals surface area contributed by atoms with Crippen LogP contribution in [0.4, 0.5) is 0 Å². The molecule has 0 aliphatic carbocycles. The third-order valence-electron chi connectivity index (χ3n) is 4.40. The number of hydrogen-bond acceptors (Lipinski definition) is 0. The van der Waals surface area contributed by atoms with E-state index in [1.165, 1.54) is 43.8 Å². The van der Waals surface area contributed by atoms with Crippen molar-refractivity contribution in [3.63, 3.8) is 0 Å². The Hall–Kier alpha value is -2.60. The summed E-state index contributed by atoms with van der Waals surface area (Å²) in [6, 6.07) is 17.5. The topological polar surface area (TPSA) is 0 Å². The van der Waals surface area contributed by atoms with Gasteiger partial charge in [-0.3, -0.25) is 0 Å². The summed E-state index contributed by atoms with van der Waals surface area (Å²) in [5.74, 6) is 0. The molecular formula is C24H24. The maximum absolute atomic E-state index is 2.28. The molecule has 0 unspecified atom stereocenters. The molecule has 0 spiro atoms. The minimum Gasteiger partial charge on any atom is -0.0876 e. The zero-order valence-corrected chi connectivity index (χ0v) is 14.9. The number of fused-ring (bicyclic) bond motifs is 2. The van der Waals surface area contributed by atoms with Crippen molar-refractivity contribution in [2.45, 2.75) is 27.7 Å². The fourth-order valence-corrected chi connectivity index (χ4v) is 3.37. The predicted octanol–water partition coefficient (Wildman–Crippen LogP) is 7.23. The van der Waals surface area contributed by atoms with Gasteiger partial charge in [-0.1, -0.05) is 78.4 Å². The minimum absolute atomic E-state index is 1.26. The Balaban J connectivity index is 2.52. The molecule has 0 heteroatoms. The molecular weight excluding hydrogens is 288 g/mol. The molecule has 0 aliphatic heterocycles. The standard InChI is InChI=1S/C24H24/c1-5-6-11-19(16-17(2)3)24-22-14-9-7-12-20(22)18(4)21-13-8-10-15-23(21)24/h5-16H,1-4H3/b6-5-,19-11+. The lowest BCUT2D eigenvalue weighted by Gasteiger charge is -2.16. The first-order valence-corrected chi connectivity index (χ1v) is 8.51. The summed E-state index contributed by atoms with van der Waals surface area (Å²) in [5.41, 5.74) is 5.25. The lowest BCUT2D eigenvalue weighted by Crippen LogP contribution is -1.92. The fourth-order valence-electron chi connectivity index (χ4n) is 3.37. The third kappa shape index (κ3) is 2.92. The SMILES string of the molecule is C/C=C\C=C(/C=C(C)C)c1c2ccccc2c(C)c2ccccc12. The van der Waals surface area contributed by atoms with Gasteiger partial charge in [-0.05, 0) is 65.9 Å². The molecule has 0 atom stereocenters. The van der Waals surface area contributed by atoms with Gasteiger partial charge in [0.05, 0.1) is 0 Å². The normalized spacial score (nSPS) is 12.2. The van der Waals surface area contributed by atoms with Crippen LogP contribution in [-0.2, 0) is 0 Å². The van der Waals surface area contributed by atoms with Crippen LogP contribution in [0.25, 0.3) is 27.1 Å². The van der Waals surface area contributed by atoms with Crippen LogP contribution in [0.3, 0.4) is 0 Å². The second-order valence-corrected chi connectivity index (χ2v) is 6.46. The molecule has 0 nitrogen and oxygen atoms in total. The van der Waals surface area contributed by atoms with Crippen molar-refractivity contribution in [1.82, 2.24) is 0 Å². The number of benzene rings is 3. The van der Waals surface area contributed by atoms with E-state index in [-0.39, 0.29) is 0 Å². The second-order valence-electron chi connectivity index (χ2n) is 6.46. The van der Waals surface area contributed by atoms with Crippen molar-refractivity contribution in [2.24, 2.45) is 0 Å². The van der Waals surface area contributed by atoms with Gasteiger partial charge < -0.3 is 0 Å². The molecule has 0 heterocycles. The van der Waals surface area contributed by atoms with Crippen LogP contribution in [-0.4, -0.2) is 0 Å². The third-order valence-corrected chi connectivity index (χ3v) is 4.40. The van der Waals surface area contributed by atoms with Gasteiger partial charge in [0.1, 0.15) is 0 Å². The quantitative estimate of drug-likeness (QED) is 0.353. The molecule has 0 bridgehead atoms. The molecule has 0 N–H and O–H groups in total. The van der Waals surface area contributed by atoms with Crippen molar-refractivity contribution < 1.29 is 0 Å². The van der Waals surface area contributed by atoms with Gasteiger partial charge in [-0.25, -0.2) is 0 Å². The van der Waals surface area contributed by atoms with E-state index in [1.54, 1.807) is 0 Å². The summed E-state index contributed by atoms with van der Waals surface area (Å²) in [6.07, 6.45) is 8.70. The molecule has 24 heavy (non-hydrogen) atoms. The summed E-state index contributed by atoms with van der Waals surface area (Å²) in [5, 5.41) is 5.31. The molecule has 3 aromatic carbocycles. The van der Waals surface area contributed by atoms with Crippen molar-refractivity contribution in [3.8, 4) is 0 Å². The highest BCUT2D eigenvalue weighted by molar-refractivity contribution is 6.12. The molecule has 0 saturated heterocycles. The lowest BCUT2D eigenvalue weighted by atomic mass is 9.88. The van der Waals surface area contributed by atoms with E-state index in [1.807, 2.05) is 0 Å². The molecule has 0 fully saturated rings. The molecule has 0 aliphatic rings. The van der Waals surface area contributed by atoms with Gasteiger partial charge in [0.25, 0.3) is 0 Å². The van der Waals surface area contributed by atoms with Crippen LogP contribution in [0.15, 0.2) is 78.4 Å². The van der Waals surface area contributed by atoms with Gasteiger partial charge in [0, 0.05) is 0 Å². The van der Waals surface area contributed by atoms with E-state index in [4.69, 9.17) is 0 Å². The number of rotatable bonds is 3. The fraction of sp³-hybridized carbons (Fsp3) is 0.167. The van der Waals surface area contributed by atoms with E-state index in [0.717, 1.165) is 0 Å². The zero-order chi connectivity index (χ0) is 17.1. The van der Waals surface area contributed by atoms with E-state index in [0.29, 0.717) is 0 Å². The van der Waals surface area contributed by atoms with Crippen LogP contribution < -0.4 is 0 Å². The Bertz CT molecular complexity index is 921. The van der Waals surface area contributed by atoms with Gasteiger partial charge >= 0.3 is 0 Å². The van der Waals surface area contributed by atoms with Gasteiger partial charge in [0.2, 0.25) is 0 Å². The highest BCUT2D eigenvalue weighted by Gasteiger charge is 2.12. The maximum atomic E-state index is 2.28. The first kappa shape index (κ1) is 16.3. The number of aryl methyl sites for hydroxylation is 1. The zero-order valence-electron chi connectivity index (χ0n) is 14.9. The van der Waals surface area contributed by atoms with Crippen molar-refractivity contribution in [2.75, 3.05) is 0 Å². The van der Waals surface area contributed by atoms with Gasteiger partial charge in [-0.2, -0.15) is 0 Å². The van der Waals surface area contributed by atoms with E-state index >= 15 is 0 Å².